The maximum absolute atomic E-state index is 13.7. The molecule has 0 atom stereocenters. The number of ether oxygens (including phenoxy) is 1. The number of fused-ring (bicyclic) bond motifs is 4. The summed E-state index contributed by atoms with van der Waals surface area (Å²) in [4.78, 5) is 15.7. The van der Waals surface area contributed by atoms with E-state index < -0.39 is 5.41 Å². The molecule has 3 nitrogen and oxygen atoms in total. The van der Waals surface area contributed by atoms with Gasteiger partial charge in [0.25, 0.3) is 0 Å². The van der Waals surface area contributed by atoms with Crippen LogP contribution in [0.15, 0.2) is 78.9 Å². The van der Waals surface area contributed by atoms with Crippen molar-refractivity contribution in [2.24, 2.45) is 0 Å². The van der Waals surface area contributed by atoms with Crippen molar-refractivity contribution in [3.8, 4) is 11.5 Å². The fraction of sp³-hybridized carbons (Fsp3) is 0.208. The van der Waals surface area contributed by atoms with Gasteiger partial charge < -0.3 is 9.64 Å². The highest BCUT2D eigenvalue weighted by Gasteiger charge is 2.53. The van der Waals surface area contributed by atoms with Gasteiger partial charge in [-0.15, -0.1) is 0 Å². The average molecular weight is 355 g/mol. The van der Waals surface area contributed by atoms with Gasteiger partial charge in [0.05, 0.1) is 0 Å². The van der Waals surface area contributed by atoms with Crippen molar-refractivity contribution in [3.05, 3.63) is 95.6 Å². The minimum Gasteiger partial charge on any atom is -0.457 e. The van der Waals surface area contributed by atoms with Crippen molar-refractivity contribution in [1.29, 1.82) is 0 Å². The lowest BCUT2D eigenvalue weighted by Crippen LogP contribution is -2.41. The van der Waals surface area contributed by atoms with Crippen molar-refractivity contribution in [2.75, 3.05) is 13.1 Å². The van der Waals surface area contributed by atoms with Crippen LogP contribution < -0.4 is 4.74 Å². The number of rotatable bonds is 3. The molecule has 0 N–H and O–H groups in total. The predicted octanol–water partition coefficient (Wildman–Crippen LogP) is 4.55. The van der Waals surface area contributed by atoms with Gasteiger partial charge >= 0.3 is 0 Å². The van der Waals surface area contributed by atoms with E-state index in [-0.39, 0.29) is 5.91 Å². The Morgan fingerprint density at radius 3 is 2.07 bits per heavy atom. The molecule has 1 saturated heterocycles. The van der Waals surface area contributed by atoms with E-state index >= 15 is 0 Å². The first-order valence-electron chi connectivity index (χ1n) is 9.49. The van der Waals surface area contributed by atoms with Crippen molar-refractivity contribution >= 4 is 5.91 Å². The highest BCUT2D eigenvalue weighted by molar-refractivity contribution is 5.96. The maximum Gasteiger partial charge on any atom is 0.238 e. The average Bonchev–Trinajstić information content (AvgIpc) is 3.05. The molecule has 0 bridgehead atoms. The molecule has 3 aromatic rings. The minimum atomic E-state index is -0.623. The van der Waals surface area contributed by atoms with Gasteiger partial charge in [-0.2, -0.15) is 0 Å². The molecule has 2 aliphatic heterocycles. The zero-order chi connectivity index (χ0) is 18.3. The van der Waals surface area contributed by atoms with Crippen LogP contribution in [0.3, 0.4) is 0 Å². The normalized spacial score (nSPS) is 16.7. The number of hydrogen-bond donors (Lipinski definition) is 0. The van der Waals surface area contributed by atoms with Gasteiger partial charge in [-0.05, 0) is 30.5 Å². The number of benzene rings is 3. The molecule has 0 aliphatic carbocycles. The molecule has 134 valence electrons. The smallest absolute Gasteiger partial charge is 0.238 e. The summed E-state index contributed by atoms with van der Waals surface area (Å²) in [6, 6.07) is 26.3. The topological polar surface area (TPSA) is 29.5 Å². The Labute approximate surface area is 159 Å². The molecule has 5 rings (SSSR count). The molecule has 3 aromatic carbocycles. The second kappa shape index (κ2) is 6.27. The fourth-order valence-electron chi connectivity index (χ4n) is 4.48. The quantitative estimate of drug-likeness (QED) is 0.690. The fourth-order valence-corrected chi connectivity index (χ4v) is 4.48. The number of carbonyl (C=O) groups excluding carboxylic acids is 1. The molecule has 3 heteroatoms. The Kier molecular flexibility index (Phi) is 3.75. The number of likely N-dealkylation sites (tertiary alicyclic amines) is 1. The van der Waals surface area contributed by atoms with Crippen molar-refractivity contribution < 1.29 is 9.53 Å². The third-order valence-corrected chi connectivity index (χ3v) is 5.84. The van der Waals surface area contributed by atoms with E-state index in [9.17, 15) is 4.79 Å². The summed E-state index contributed by atoms with van der Waals surface area (Å²) in [5.41, 5.74) is 2.63. The summed E-state index contributed by atoms with van der Waals surface area (Å²) >= 11 is 0. The number of hydrogen-bond acceptors (Lipinski definition) is 2. The summed E-state index contributed by atoms with van der Waals surface area (Å²) in [6.07, 6.45) is 1.67. The summed E-state index contributed by atoms with van der Waals surface area (Å²) in [5.74, 6) is 1.80. The van der Waals surface area contributed by atoms with Gasteiger partial charge in [0.1, 0.15) is 16.9 Å². The number of para-hydroxylation sites is 2. The van der Waals surface area contributed by atoms with Crippen molar-refractivity contribution in [3.63, 3.8) is 0 Å². The zero-order valence-electron chi connectivity index (χ0n) is 15.1. The standard InChI is InChI=1S/C24H21NO2/c26-23-24(15-17-25(23)16-14-18-8-2-1-3-9-18)19-10-4-6-12-21(19)27-22-13-7-5-11-20(22)24/h1-13H,14-17H2. The molecule has 1 amide bonds. The first-order chi connectivity index (χ1) is 13.3. The van der Waals surface area contributed by atoms with Crippen LogP contribution in [-0.4, -0.2) is 23.9 Å². The van der Waals surface area contributed by atoms with Gasteiger partial charge in [0.2, 0.25) is 5.91 Å². The summed E-state index contributed by atoms with van der Waals surface area (Å²) in [6.45, 7) is 1.52. The molecular formula is C24H21NO2. The first-order valence-corrected chi connectivity index (χ1v) is 9.49. The third-order valence-electron chi connectivity index (χ3n) is 5.84. The van der Waals surface area contributed by atoms with Gasteiger partial charge in [-0.25, -0.2) is 0 Å². The second-order valence-electron chi connectivity index (χ2n) is 7.28. The Morgan fingerprint density at radius 1 is 0.815 bits per heavy atom. The lowest BCUT2D eigenvalue weighted by Gasteiger charge is -2.35. The van der Waals surface area contributed by atoms with E-state index in [2.05, 4.69) is 12.1 Å². The molecule has 27 heavy (non-hydrogen) atoms. The van der Waals surface area contributed by atoms with E-state index in [0.717, 1.165) is 48.6 Å². The van der Waals surface area contributed by atoms with Gasteiger partial charge in [-0.3, -0.25) is 4.79 Å². The zero-order valence-corrected chi connectivity index (χ0v) is 15.1. The van der Waals surface area contributed by atoms with E-state index in [1.165, 1.54) is 5.56 Å². The van der Waals surface area contributed by atoms with Crippen LogP contribution in [0.4, 0.5) is 0 Å². The molecule has 2 aliphatic rings. The van der Waals surface area contributed by atoms with E-state index in [1.807, 2.05) is 71.6 Å². The summed E-state index contributed by atoms with van der Waals surface area (Å²) in [5, 5.41) is 0. The van der Waals surface area contributed by atoms with Crippen LogP contribution in [0.1, 0.15) is 23.1 Å². The number of amides is 1. The number of nitrogens with zero attached hydrogens (tertiary/aromatic N) is 1. The largest absolute Gasteiger partial charge is 0.457 e. The first kappa shape index (κ1) is 16.1. The molecule has 0 saturated carbocycles. The summed E-state index contributed by atoms with van der Waals surface area (Å²) in [7, 11) is 0. The number of carbonyl (C=O) groups is 1. The van der Waals surface area contributed by atoms with Crippen LogP contribution in [0.5, 0.6) is 11.5 Å². The maximum atomic E-state index is 13.7. The molecule has 1 spiro atoms. The lowest BCUT2D eigenvalue weighted by atomic mass is 9.71. The van der Waals surface area contributed by atoms with Crippen LogP contribution in [0.25, 0.3) is 0 Å². The Bertz CT molecular complexity index is 951. The van der Waals surface area contributed by atoms with Crippen LogP contribution >= 0.6 is 0 Å². The molecule has 1 fully saturated rings. The summed E-state index contributed by atoms with van der Waals surface area (Å²) < 4.78 is 6.11. The minimum absolute atomic E-state index is 0.196. The van der Waals surface area contributed by atoms with Gasteiger partial charge in [-0.1, -0.05) is 66.7 Å². The highest BCUT2D eigenvalue weighted by atomic mass is 16.5. The van der Waals surface area contributed by atoms with Crippen LogP contribution in [-0.2, 0) is 16.6 Å². The SMILES string of the molecule is O=C1N(CCc2ccccc2)CCC12c1ccccc1Oc1ccccc12. The molecular weight excluding hydrogens is 334 g/mol. The van der Waals surface area contributed by atoms with Crippen LogP contribution in [0.2, 0.25) is 0 Å². The highest BCUT2D eigenvalue weighted by Crippen LogP contribution is 2.52. The van der Waals surface area contributed by atoms with Crippen molar-refractivity contribution in [2.45, 2.75) is 18.3 Å². The van der Waals surface area contributed by atoms with E-state index in [4.69, 9.17) is 4.74 Å². The lowest BCUT2D eigenvalue weighted by molar-refractivity contribution is -0.131. The van der Waals surface area contributed by atoms with Gasteiger partial charge in [0, 0.05) is 24.2 Å². The van der Waals surface area contributed by atoms with Crippen molar-refractivity contribution in [1.82, 2.24) is 4.90 Å². The molecule has 0 radical (unpaired) electrons. The molecule has 0 unspecified atom stereocenters. The Morgan fingerprint density at radius 2 is 1.41 bits per heavy atom. The predicted molar refractivity (Wildman–Crippen MR) is 105 cm³/mol. The monoisotopic (exact) mass is 355 g/mol. The van der Waals surface area contributed by atoms with E-state index in [0.29, 0.717) is 0 Å². The Balaban J connectivity index is 1.52. The Hall–Kier alpha value is -3.07. The third kappa shape index (κ3) is 2.46. The molecule has 2 heterocycles. The van der Waals surface area contributed by atoms with Crippen LogP contribution in [0, 0.1) is 0 Å². The van der Waals surface area contributed by atoms with E-state index in [1.54, 1.807) is 0 Å². The van der Waals surface area contributed by atoms with Gasteiger partial charge in [0.15, 0.2) is 0 Å². The molecule has 0 aromatic heterocycles. The second-order valence-corrected chi connectivity index (χ2v) is 7.28.